The fourth-order valence-corrected chi connectivity index (χ4v) is 4.36. The Morgan fingerprint density at radius 2 is 1.76 bits per heavy atom. The fourth-order valence-electron chi connectivity index (χ4n) is 3.95. The molecule has 0 aliphatic rings. The van der Waals surface area contributed by atoms with Crippen molar-refractivity contribution >= 4 is 34.4 Å². The van der Waals surface area contributed by atoms with Crippen molar-refractivity contribution in [2.45, 2.75) is 31.7 Å². The molecule has 0 radical (unpaired) electrons. The van der Waals surface area contributed by atoms with Crippen molar-refractivity contribution in [1.82, 2.24) is 14.5 Å². The van der Waals surface area contributed by atoms with Crippen molar-refractivity contribution in [2.75, 3.05) is 18.6 Å². The Morgan fingerprint density at radius 3 is 2.44 bits per heavy atom. The number of rotatable bonds is 5. The molecule has 1 heterocycles. The lowest BCUT2D eigenvalue weighted by Gasteiger charge is -2.27. The lowest BCUT2D eigenvalue weighted by molar-refractivity contribution is 0.205. The average molecular weight is 473 g/mol. The molecule has 0 fully saturated rings. The van der Waals surface area contributed by atoms with E-state index in [-0.39, 0.29) is 11.6 Å². The average Bonchev–Trinajstić information content (AvgIpc) is 2.84. The van der Waals surface area contributed by atoms with Gasteiger partial charge in [-0.15, -0.1) is 11.8 Å². The van der Waals surface area contributed by atoms with E-state index in [0.29, 0.717) is 22.4 Å². The minimum atomic E-state index is -0.469. The van der Waals surface area contributed by atoms with E-state index >= 15 is 0 Å². The number of para-hydroxylation sites is 1. The number of carbonyl (C=O) groups is 1. The van der Waals surface area contributed by atoms with Crippen LogP contribution in [0.1, 0.15) is 29.9 Å². The Balaban J connectivity index is 1.77. The van der Waals surface area contributed by atoms with Gasteiger partial charge in [0.15, 0.2) is 0 Å². The second-order valence-corrected chi connectivity index (χ2v) is 9.24. The van der Waals surface area contributed by atoms with Crippen LogP contribution < -0.4 is 10.9 Å². The molecule has 1 unspecified atom stereocenters. The number of hydrogen-bond acceptors (Lipinski definition) is 4. The van der Waals surface area contributed by atoms with Gasteiger partial charge in [-0.25, -0.2) is 9.78 Å². The molecule has 4 aromatic rings. The third kappa shape index (κ3) is 4.56. The lowest BCUT2D eigenvalue weighted by atomic mass is 10.1. The highest BCUT2D eigenvalue weighted by Gasteiger charge is 2.25. The van der Waals surface area contributed by atoms with Crippen LogP contribution in [0.25, 0.3) is 16.6 Å². The van der Waals surface area contributed by atoms with Crippen molar-refractivity contribution in [3.63, 3.8) is 0 Å². The Hall–Kier alpha value is -3.58. The number of amides is 2. The van der Waals surface area contributed by atoms with Crippen molar-refractivity contribution < 1.29 is 4.79 Å². The summed E-state index contributed by atoms with van der Waals surface area (Å²) in [5, 5.41) is 3.48. The molecular formula is C27H28N4O2S. The number of urea groups is 1. The summed E-state index contributed by atoms with van der Waals surface area (Å²) >= 11 is 1.64. The number of anilines is 1. The van der Waals surface area contributed by atoms with Gasteiger partial charge >= 0.3 is 6.03 Å². The summed E-state index contributed by atoms with van der Waals surface area (Å²) in [6, 6.07) is 20.2. The first-order valence-corrected chi connectivity index (χ1v) is 12.3. The molecule has 1 aromatic heterocycles. The molecule has 3 aromatic carbocycles. The van der Waals surface area contributed by atoms with E-state index in [9.17, 15) is 9.59 Å². The summed E-state index contributed by atoms with van der Waals surface area (Å²) in [6.45, 7) is 5.88. The summed E-state index contributed by atoms with van der Waals surface area (Å²) in [5.41, 5.74) is 4.00. The summed E-state index contributed by atoms with van der Waals surface area (Å²) in [7, 11) is 1.71. The van der Waals surface area contributed by atoms with Gasteiger partial charge < -0.3 is 10.2 Å². The summed E-state index contributed by atoms with van der Waals surface area (Å²) in [5.74, 6) is 0.506. The molecule has 0 bridgehead atoms. The highest BCUT2D eigenvalue weighted by Crippen LogP contribution is 2.25. The highest BCUT2D eigenvalue weighted by atomic mass is 32.2. The van der Waals surface area contributed by atoms with Gasteiger partial charge in [0.25, 0.3) is 5.56 Å². The molecule has 0 spiro atoms. The molecular weight excluding hydrogens is 444 g/mol. The first-order chi connectivity index (χ1) is 16.3. The third-order valence-corrected chi connectivity index (χ3v) is 6.75. The highest BCUT2D eigenvalue weighted by molar-refractivity contribution is 7.98. The largest absolute Gasteiger partial charge is 0.322 e. The van der Waals surface area contributed by atoms with E-state index in [0.717, 1.165) is 21.7 Å². The van der Waals surface area contributed by atoms with Crippen molar-refractivity contribution in [1.29, 1.82) is 0 Å². The van der Waals surface area contributed by atoms with Gasteiger partial charge in [-0.05, 0) is 75.1 Å². The molecule has 7 heteroatoms. The molecule has 174 valence electrons. The molecule has 6 nitrogen and oxygen atoms in total. The maximum atomic E-state index is 13.6. The van der Waals surface area contributed by atoms with E-state index in [1.165, 1.54) is 0 Å². The number of hydrogen-bond donors (Lipinski definition) is 1. The molecule has 0 saturated carbocycles. The number of thioether (sulfide) groups is 1. The number of nitrogens with zero attached hydrogens (tertiary/aromatic N) is 3. The van der Waals surface area contributed by atoms with Gasteiger partial charge in [0.05, 0.1) is 22.6 Å². The van der Waals surface area contributed by atoms with Crippen molar-refractivity contribution in [3.05, 3.63) is 94.0 Å². The van der Waals surface area contributed by atoms with Crippen LogP contribution in [0.4, 0.5) is 10.5 Å². The lowest BCUT2D eigenvalue weighted by Crippen LogP contribution is -2.37. The third-order valence-electron chi connectivity index (χ3n) is 6.01. The van der Waals surface area contributed by atoms with Crippen LogP contribution in [0.2, 0.25) is 0 Å². The van der Waals surface area contributed by atoms with E-state index in [1.807, 2.05) is 87.7 Å². The maximum Gasteiger partial charge on any atom is 0.322 e. The maximum absolute atomic E-state index is 13.6. The zero-order valence-electron chi connectivity index (χ0n) is 20.0. The zero-order chi connectivity index (χ0) is 24.4. The predicted octanol–water partition coefficient (Wildman–Crippen LogP) is 5.95. The summed E-state index contributed by atoms with van der Waals surface area (Å²) in [4.78, 5) is 34.3. The number of carbonyl (C=O) groups excluding carboxylic acids is 1. The van der Waals surface area contributed by atoms with Crippen molar-refractivity contribution in [3.8, 4) is 5.69 Å². The molecule has 34 heavy (non-hydrogen) atoms. The van der Waals surface area contributed by atoms with Gasteiger partial charge in [-0.2, -0.15) is 0 Å². The Labute approximate surface area is 203 Å². The summed E-state index contributed by atoms with van der Waals surface area (Å²) in [6.07, 6.45) is 2.01. The first kappa shape index (κ1) is 23.6. The molecule has 2 amide bonds. The Morgan fingerprint density at radius 1 is 1.06 bits per heavy atom. The quantitative estimate of drug-likeness (QED) is 0.365. The van der Waals surface area contributed by atoms with E-state index in [4.69, 9.17) is 4.98 Å². The smallest absolute Gasteiger partial charge is 0.318 e. The molecule has 1 N–H and O–H groups in total. The number of aromatic nitrogens is 2. The fraction of sp³-hybridized carbons (Fsp3) is 0.222. The minimum absolute atomic E-state index is 0.152. The monoisotopic (exact) mass is 472 g/mol. The predicted molar refractivity (Wildman–Crippen MR) is 140 cm³/mol. The van der Waals surface area contributed by atoms with Gasteiger partial charge in [0.1, 0.15) is 5.82 Å². The van der Waals surface area contributed by atoms with Crippen LogP contribution in [0, 0.1) is 13.8 Å². The van der Waals surface area contributed by atoms with Gasteiger partial charge in [0.2, 0.25) is 0 Å². The number of aryl methyl sites for hydroxylation is 2. The molecule has 0 aliphatic heterocycles. The summed E-state index contributed by atoms with van der Waals surface area (Å²) < 4.78 is 1.64. The van der Waals surface area contributed by atoms with Gasteiger partial charge in [0, 0.05) is 17.6 Å². The van der Waals surface area contributed by atoms with E-state index in [1.54, 1.807) is 34.3 Å². The number of benzene rings is 3. The van der Waals surface area contributed by atoms with Crippen LogP contribution in [0.5, 0.6) is 0 Å². The van der Waals surface area contributed by atoms with Crippen LogP contribution in [0.15, 0.2) is 76.4 Å². The van der Waals surface area contributed by atoms with Gasteiger partial charge in [-0.1, -0.05) is 29.8 Å². The number of nitrogens with one attached hydrogen (secondary N) is 1. The van der Waals surface area contributed by atoms with Crippen LogP contribution in [0.3, 0.4) is 0 Å². The van der Waals surface area contributed by atoms with Crippen LogP contribution in [-0.2, 0) is 0 Å². The van der Waals surface area contributed by atoms with E-state index in [2.05, 4.69) is 5.32 Å². The van der Waals surface area contributed by atoms with Crippen LogP contribution in [-0.4, -0.2) is 33.8 Å². The Kier molecular flexibility index (Phi) is 6.75. The Bertz CT molecular complexity index is 1410. The SMILES string of the molecule is CSc1ccc(NC(=O)N(C)C(C)c2nc3ccccc3c(=O)n2-c2ccc(C)cc2C)cc1. The molecule has 4 rings (SSSR count). The minimum Gasteiger partial charge on any atom is -0.318 e. The van der Waals surface area contributed by atoms with E-state index < -0.39 is 6.04 Å². The molecule has 0 saturated heterocycles. The van der Waals surface area contributed by atoms with Gasteiger partial charge in [-0.3, -0.25) is 9.36 Å². The number of fused-ring (bicyclic) bond motifs is 1. The second kappa shape index (κ2) is 9.73. The topological polar surface area (TPSA) is 67.2 Å². The molecule has 1 atom stereocenters. The standard InChI is InChI=1S/C27H28N4O2S/c1-17-10-15-24(18(2)16-17)31-25(29-23-9-7-6-8-22(23)26(31)32)19(3)30(4)27(33)28-20-11-13-21(34-5)14-12-20/h6-16,19H,1-5H3,(H,28,33). The van der Waals surface area contributed by atoms with Crippen LogP contribution >= 0.6 is 11.8 Å². The van der Waals surface area contributed by atoms with Crippen molar-refractivity contribution in [2.24, 2.45) is 0 Å². The second-order valence-electron chi connectivity index (χ2n) is 8.36. The molecule has 0 aliphatic carbocycles. The first-order valence-electron chi connectivity index (χ1n) is 11.1. The normalized spacial score (nSPS) is 11.9. The zero-order valence-corrected chi connectivity index (χ0v) is 20.8.